The molecule has 0 aromatic heterocycles. The van der Waals surface area contributed by atoms with Gasteiger partial charge in [0.1, 0.15) is 0 Å². The van der Waals surface area contributed by atoms with E-state index >= 15 is 0 Å². The number of rotatable bonds is 5. The Balaban J connectivity index is 1.73. The fourth-order valence-electron chi connectivity index (χ4n) is 4.90. The van der Waals surface area contributed by atoms with Gasteiger partial charge in [-0.3, -0.25) is 9.59 Å². The molecular weight excluding hydrogens is 268 g/mol. The molecule has 2 saturated carbocycles. The second-order valence-electron chi connectivity index (χ2n) is 7.06. The van der Waals surface area contributed by atoms with Crippen LogP contribution in [0.1, 0.15) is 51.9 Å². The molecule has 5 nitrogen and oxygen atoms in total. The third-order valence-corrected chi connectivity index (χ3v) is 5.85. The molecule has 1 aliphatic heterocycles. The second-order valence-corrected chi connectivity index (χ2v) is 7.06. The van der Waals surface area contributed by atoms with Crippen molar-refractivity contribution in [3.05, 3.63) is 0 Å². The fourth-order valence-corrected chi connectivity index (χ4v) is 4.90. The van der Waals surface area contributed by atoms with Crippen molar-refractivity contribution in [2.24, 2.45) is 17.8 Å². The Labute approximate surface area is 125 Å². The maximum atomic E-state index is 12.8. The fraction of sp³-hybridized carbons (Fsp3) is 0.875. The van der Waals surface area contributed by atoms with Crippen LogP contribution in [0.15, 0.2) is 0 Å². The van der Waals surface area contributed by atoms with Gasteiger partial charge in [0.2, 0.25) is 5.91 Å². The minimum absolute atomic E-state index is 0.0330. The summed E-state index contributed by atoms with van der Waals surface area (Å²) in [6.45, 7) is 2.97. The van der Waals surface area contributed by atoms with Crippen molar-refractivity contribution in [2.75, 3.05) is 6.54 Å². The quantitative estimate of drug-likeness (QED) is 0.718. The molecule has 118 valence electrons. The van der Waals surface area contributed by atoms with Crippen LogP contribution in [0.2, 0.25) is 0 Å². The zero-order valence-corrected chi connectivity index (χ0v) is 12.7. The van der Waals surface area contributed by atoms with Crippen LogP contribution in [-0.2, 0) is 9.59 Å². The zero-order chi connectivity index (χ0) is 15.0. The monoisotopic (exact) mass is 294 g/mol. The summed E-state index contributed by atoms with van der Waals surface area (Å²) in [4.78, 5) is 24.3. The van der Waals surface area contributed by atoms with Gasteiger partial charge in [0.15, 0.2) is 0 Å². The highest BCUT2D eigenvalue weighted by atomic mass is 16.4. The molecule has 3 rings (SSSR count). The highest BCUT2D eigenvalue weighted by Gasteiger charge is 2.53. The van der Waals surface area contributed by atoms with E-state index in [0.717, 1.165) is 51.5 Å². The lowest BCUT2D eigenvalue weighted by atomic mass is 9.83. The number of hydrogen-bond donors (Lipinski definition) is 3. The number of nitrogens with one attached hydrogen (secondary N) is 2. The minimum Gasteiger partial charge on any atom is -0.481 e. The Morgan fingerprint density at radius 1 is 1.33 bits per heavy atom. The molecule has 3 fully saturated rings. The van der Waals surface area contributed by atoms with Crippen LogP contribution in [0, 0.1) is 17.8 Å². The highest BCUT2D eigenvalue weighted by Crippen LogP contribution is 2.48. The Bertz CT molecular complexity index is 431. The average molecular weight is 294 g/mol. The third-order valence-electron chi connectivity index (χ3n) is 5.85. The van der Waals surface area contributed by atoms with Gasteiger partial charge in [0.05, 0.1) is 11.5 Å². The minimum atomic E-state index is -0.739. The van der Waals surface area contributed by atoms with E-state index in [0.29, 0.717) is 5.92 Å². The van der Waals surface area contributed by atoms with Crippen LogP contribution in [0.3, 0.4) is 0 Å². The first-order valence-electron chi connectivity index (χ1n) is 8.36. The van der Waals surface area contributed by atoms with Gasteiger partial charge in [-0.1, -0.05) is 13.3 Å². The first-order chi connectivity index (χ1) is 10.1. The lowest BCUT2D eigenvalue weighted by molar-refractivity contribution is -0.145. The molecule has 1 heterocycles. The van der Waals surface area contributed by atoms with E-state index < -0.39 is 11.5 Å². The summed E-state index contributed by atoms with van der Waals surface area (Å²) >= 11 is 0. The summed E-state index contributed by atoms with van der Waals surface area (Å²) in [6, 6.07) is -0.162. The topological polar surface area (TPSA) is 78.4 Å². The van der Waals surface area contributed by atoms with Gasteiger partial charge in [-0.2, -0.15) is 0 Å². The summed E-state index contributed by atoms with van der Waals surface area (Å²) in [5.74, 6) is -0.466. The van der Waals surface area contributed by atoms with E-state index in [-0.39, 0.29) is 23.8 Å². The summed E-state index contributed by atoms with van der Waals surface area (Å²) in [6.07, 6.45) is 6.71. The maximum Gasteiger partial charge on any atom is 0.308 e. The predicted molar refractivity (Wildman–Crippen MR) is 78.8 cm³/mol. The van der Waals surface area contributed by atoms with Crippen molar-refractivity contribution in [3.63, 3.8) is 0 Å². The molecule has 21 heavy (non-hydrogen) atoms. The number of hydrogen-bond acceptors (Lipinski definition) is 3. The number of fused-ring (bicyclic) bond motifs is 2. The molecule has 2 aliphatic carbocycles. The van der Waals surface area contributed by atoms with E-state index in [9.17, 15) is 14.7 Å². The number of amides is 1. The molecule has 3 N–H and O–H groups in total. The largest absolute Gasteiger partial charge is 0.481 e. The van der Waals surface area contributed by atoms with Crippen LogP contribution in [0.5, 0.6) is 0 Å². The standard InChI is InChI=1S/C16H26N2O3/c1-2-6-16(7-3-8-17-16)15(21)18-13-11-5-4-10(9-11)12(13)14(19)20/h10-13,17H,2-9H2,1H3,(H,18,21)(H,19,20). The highest BCUT2D eigenvalue weighted by molar-refractivity contribution is 5.87. The van der Waals surface area contributed by atoms with E-state index in [2.05, 4.69) is 17.6 Å². The van der Waals surface area contributed by atoms with Crippen molar-refractivity contribution in [2.45, 2.75) is 63.5 Å². The van der Waals surface area contributed by atoms with E-state index in [1.165, 1.54) is 0 Å². The number of carbonyl (C=O) groups is 2. The smallest absolute Gasteiger partial charge is 0.308 e. The van der Waals surface area contributed by atoms with Crippen molar-refractivity contribution < 1.29 is 14.7 Å². The number of carboxylic acid groups (broad SMARTS) is 1. The van der Waals surface area contributed by atoms with Crippen LogP contribution in [-0.4, -0.2) is 35.1 Å². The Morgan fingerprint density at radius 2 is 2.10 bits per heavy atom. The summed E-state index contributed by atoms with van der Waals surface area (Å²) in [7, 11) is 0. The van der Waals surface area contributed by atoms with Crippen molar-refractivity contribution in [1.82, 2.24) is 10.6 Å². The van der Waals surface area contributed by atoms with Gasteiger partial charge in [-0.15, -0.1) is 0 Å². The molecule has 2 bridgehead atoms. The molecule has 0 spiro atoms. The Kier molecular flexibility index (Phi) is 3.95. The molecule has 3 aliphatic rings. The molecule has 0 aromatic rings. The van der Waals surface area contributed by atoms with Crippen molar-refractivity contribution in [3.8, 4) is 0 Å². The molecule has 0 aromatic carbocycles. The first kappa shape index (κ1) is 14.8. The average Bonchev–Trinajstić information content (AvgIpc) is 3.13. The molecular formula is C16H26N2O3. The van der Waals surface area contributed by atoms with Crippen molar-refractivity contribution >= 4 is 11.9 Å². The SMILES string of the molecule is CCCC1(C(=O)NC2C3CCC(C3)C2C(=O)O)CCCN1. The van der Waals surface area contributed by atoms with Gasteiger partial charge >= 0.3 is 5.97 Å². The van der Waals surface area contributed by atoms with Gasteiger partial charge < -0.3 is 15.7 Å². The van der Waals surface area contributed by atoms with Gasteiger partial charge in [0, 0.05) is 6.04 Å². The summed E-state index contributed by atoms with van der Waals surface area (Å²) < 4.78 is 0. The van der Waals surface area contributed by atoms with Gasteiger partial charge in [0.25, 0.3) is 0 Å². The van der Waals surface area contributed by atoms with Crippen molar-refractivity contribution in [1.29, 1.82) is 0 Å². The summed E-state index contributed by atoms with van der Waals surface area (Å²) in [5, 5.41) is 16.0. The van der Waals surface area contributed by atoms with E-state index in [4.69, 9.17) is 0 Å². The second kappa shape index (κ2) is 5.59. The molecule has 1 saturated heterocycles. The van der Waals surface area contributed by atoms with Crippen LogP contribution in [0.25, 0.3) is 0 Å². The molecule has 0 radical (unpaired) electrons. The Hall–Kier alpha value is -1.10. The van der Waals surface area contributed by atoms with Gasteiger partial charge in [-0.25, -0.2) is 0 Å². The number of carbonyl (C=O) groups excluding carboxylic acids is 1. The zero-order valence-electron chi connectivity index (χ0n) is 12.7. The number of aliphatic carboxylic acids is 1. The van der Waals surface area contributed by atoms with Crippen LogP contribution < -0.4 is 10.6 Å². The maximum absolute atomic E-state index is 12.8. The predicted octanol–water partition coefficient (Wildman–Crippen LogP) is 1.52. The molecule has 5 unspecified atom stereocenters. The molecule has 1 amide bonds. The summed E-state index contributed by atoms with van der Waals surface area (Å²) in [5.41, 5.74) is -0.459. The van der Waals surface area contributed by atoms with E-state index in [1.807, 2.05) is 0 Å². The van der Waals surface area contributed by atoms with E-state index in [1.54, 1.807) is 0 Å². The Morgan fingerprint density at radius 3 is 2.71 bits per heavy atom. The lowest BCUT2D eigenvalue weighted by Crippen LogP contribution is -2.58. The van der Waals surface area contributed by atoms with Crippen LogP contribution >= 0.6 is 0 Å². The van der Waals surface area contributed by atoms with Gasteiger partial charge in [-0.05, 0) is 56.9 Å². The van der Waals surface area contributed by atoms with Crippen LogP contribution in [0.4, 0.5) is 0 Å². The number of carboxylic acids is 1. The molecule has 5 heteroatoms. The normalized spacial score (nSPS) is 41.4. The first-order valence-corrected chi connectivity index (χ1v) is 8.36. The lowest BCUT2D eigenvalue weighted by Gasteiger charge is -2.34. The molecule has 5 atom stereocenters. The third kappa shape index (κ3) is 2.45.